The standard InChI is InChI=1S/C41H68N2O5/c1-27(2)28-12-17-41(42-20-21-43-22-24-47-25-23-43)19-18-39(8)29(34(28)41)10-11-31-38(7)15-14-32(48-33(44)26-36(3,4)35(45)46)37(5,6)30(38)13-16-40(31,39)9/h28-32,34,42H,1,10-26H2,2-9H3,(H,45,46)/t28-,29+,30-,31+,32-,34+,38-,39+,40+,41-/m0/s1. The molecule has 272 valence electrons. The summed E-state index contributed by atoms with van der Waals surface area (Å²) >= 11 is 0. The number of ether oxygens (including phenoxy) is 2. The summed E-state index contributed by atoms with van der Waals surface area (Å²) in [4.78, 5) is 27.4. The zero-order chi connectivity index (χ0) is 34.9. The number of carbonyl (C=O) groups excluding carboxylic acids is 1. The maximum absolute atomic E-state index is 13.1. The minimum absolute atomic E-state index is 0.0901. The van der Waals surface area contributed by atoms with Crippen molar-refractivity contribution in [2.45, 2.75) is 138 Å². The molecule has 7 heteroatoms. The molecule has 10 atom stereocenters. The number of nitrogens with one attached hydrogen (secondary N) is 1. The summed E-state index contributed by atoms with van der Waals surface area (Å²) in [7, 11) is 0. The van der Waals surface area contributed by atoms with E-state index >= 15 is 0 Å². The molecule has 1 saturated heterocycles. The number of carboxylic acids is 1. The van der Waals surface area contributed by atoms with E-state index in [0.29, 0.717) is 29.6 Å². The predicted octanol–water partition coefficient (Wildman–Crippen LogP) is 7.73. The zero-order valence-corrected chi connectivity index (χ0v) is 31.7. The van der Waals surface area contributed by atoms with E-state index in [1.807, 2.05) is 0 Å². The molecule has 1 heterocycles. The molecule has 6 fully saturated rings. The summed E-state index contributed by atoms with van der Waals surface area (Å²) in [6.07, 6.45) is 11.8. The molecule has 6 rings (SSSR count). The van der Waals surface area contributed by atoms with Crippen LogP contribution >= 0.6 is 0 Å². The first kappa shape index (κ1) is 36.4. The van der Waals surface area contributed by atoms with E-state index in [2.05, 4.69) is 58.3 Å². The van der Waals surface area contributed by atoms with Crippen molar-refractivity contribution < 1.29 is 24.2 Å². The average molecular weight is 669 g/mol. The van der Waals surface area contributed by atoms with Crippen molar-refractivity contribution in [2.24, 2.45) is 56.7 Å². The van der Waals surface area contributed by atoms with E-state index in [9.17, 15) is 14.7 Å². The molecule has 48 heavy (non-hydrogen) atoms. The Morgan fingerprint density at radius 2 is 1.62 bits per heavy atom. The van der Waals surface area contributed by atoms with Crippen LogP contribution < -0.4 is 5.32 Å². The molecule has 0 aromatic rings. The van der Waals surface area contributed by atoms with Crippen molar-refractivity contribution in [3.8, 4) is 0 Å². The highest BCUT2D eigenvalue weighted by molar-refractivity contribution is 5.81. The van der Waals surface area contributed by atoms with E-state index in [0.717, 1.165) is 52.2 Å². The molecule has 1 aliphatic heterocycles. The van der Waals surface area contributed by atoms with Gasteiger partial charge in [-0.2, -0.15) is 0 Å². The lowest BCUT2D eigenvalue weighted by Gasteiger charge is -2.73. The topological polar surface area (TPSA) is 88.1 Å². The van der Waals surface area contributed by atoms with Gasteiger partial charge in [-0.05, 0) is 131 Å². The molecule has 0 aromatic carbocycles. The summed E-state index contributed by atoms with van der Waals surface area (Å²) in [5.74, 6) is 1.76. The molecular formula is C41H68N2O5. The molecule has 7 nitrogen and oxygen atoms in total. The Balaban J connectivity index is 1.21. The van der Waals surface area contributed by atoms with Gasteiger partial charge in [-0.3, -0.25) is 14.5 Å². The fourth-order valence-corrected chi connectivity index (χ4v) is 13.6. The normalized spacial score (nSPS) is 44.1. The van der Waals surface area contributed by atoms with Gasteiger partial charge in [0.1, 0.15) is 6.10 Å². The Bertz CT molecular complexity index is 1260. The molecule has 0 bridgehead atoms. The largest absolute Gasteiger partial charge is 0.481 e. The van der Waals surface area contributed by atoms with E-state index in [-0.39, 0.29) is 45.7 Å². The minimum Gasteiger partial charge on any atom is -0.481 e. The van der Waals surface area contributed by atoms with Crippen molar-refractivity contribution in [1.82, 2.24) is 10.2 Å². The Kier molecular flexibility index (Phi) is 9.58. The van der Waals surface area contributed by atoms with Gasteiger partial charge in [-0.1, -0.05) is 46.8 Å². The Morgan fingerprint density at radius 3 is 2.29 bits per heavy atom. The number of aliphatic carboxylic acids is 1. The number of carboxylic acid groups (broad SMARTS) is 1. The van der Waals surface area contributed by atoms with E-state index in [1.54, 1.807) is 13.8 Å². The van der Waals surface area contributed by atoms with Crippen molar-refractivity contribution >= 4 is 11.9 Å². The first-order chi connectivity index (χ1) is 22.4. The quantitative estimate of drug-likeness (QED) is 0.192. The molecule has 0 spiro atoms. The lowest BCUT2D eigenvalue weighted by atomic mass is 9.32. The molecule has 6 aliphatic rings. The Labute approximate surface area is 291 Å². The van der Waals surface area contributed by atoms with Gasteiger partial charge in [0.2, 0.25) is 0 Å². The van der Waals surface area contributed by atoms with Crippen molar-refractivity contribution in [2.75, 3.05) is 39.4 Å². The second-order valence-corrected chi connectivity index (χ2v) is 19.4. The van der Waals surface area contributed by atoms with Crippen LogP contribution in [-0.2, 0) is 19.1 Å². The smallest absolute Gasteiger partial charge is 0.309 e. The number of esters is 1. The van der Waals surface area contributed by atoms with Gasteiger partial charge in [0.05, 0.1) is 25.0 Å². The molecule has 5 saturated carbocycles. The fourth-order valence-electron chi connectivity index (χ4n) is 13.6. The fraction of sp³-hybridized carbons (Fsp3) is 0.902. The van der Waals surface area contributed by atoms with Crippen LogP contribution in [0.1, 0.15) is 126 Å². The lowest BCUT2D eigenvalue weighted by Crippen LogP contribution is -2.69. The van der Waals surface area contributed by atoms with Crippen LogP contribution in [0.4, 0.5) is 0 Å². The van der Waals surface area contributed by atoms with Crippen molar-refractivity contribution in [1.29, 1.82) is 0 Å². The van der Waals surface area contributed by atoms with Gasteiger partial charge < -0.3 is 19.9 Å². The van der Waals surface area contributed by atoms with Gasteiger partial charge in [0.15, 0.2) is 0 Å². The molecule has 0 radical (unpaired) electrons. The third-order valence-corrected chi connectivity index (χ3v) is 16.5. The summed E-state index contributed by atoms with van der Waals surface area (Å²) in [6, 6.07) is 0. The van der Waals surface area contributed by atoms with E-state index in [4.69, 9.17) is 9.47 Å². The monoisotopic (exact) mass is 669 g/mol. The van der Waals surface area contributed by atoms with Gasteiger partial charge in [-0.15, -0.1) is 0 Å². The number of hydrogen-bond acceptors (Lipinski definition) is 6. The third-order valence-electron chi connectivity index (χ3n) is 16.5. The van der Waals surface area contributed by atoms with E-state index < -0.39 is 11.4 Å². The van der Waals surface area contributed by atoms with Gasteiger partial charge in [0, 0.05) is 37.1 Å². The second kappa shape index (κ2) is 12.7. The highest BCUT2D eigenvalue weighted by Gasteiger charge is 2.71. The zero-order valence-electron chi connectivity index (χ0n) is 31.7. The van der Waals surface area contributed by atoms with Crippen LogP contribution in [0.15, 0.2) is 12.2 Å². The summed E-state index contributed by atoms with van der Waals surface area (Å²) < 4.78 is 11.8. The highest BCUT2D eigenvalue weighted by Crippen LogP contribution is 2.76. The number of allylic oxidation sites excluding steroid dienone is 1. The predicted molar refractivity (Wildman–Crippen MR) is 190 cm³/mol. The number of morpholine rings is 1. The Hall–Kier alpha value is -1.44. The number of nitrogens with zero attached hydrogens (tertiary/aromatic N) is 1. The minimum atomic E-state index is -1.12. The number of rotatable bonds is 9. The summed E-state index contributed by atoms with van der Waals surface area (Å²) in [5.41, 5.74) is 1.10. The Morgan fingerprint density at radius 1 is 0.917 bits per heavy atom. The van der Waals surface area contributed by atoms with Crippen LogP contribution in [-0.4, -0.2) is 73.0 Å². The van der Waals surface area contributed by atoms with Crippen LogP contribution in [0, 0.1) is 56.7 Å². The average Bonchev–Trinajstić information content (AvgIpc) is 3.39. The molecular weight excluding hydrogens is 600 g/mol. The number of carbonyl (C=O) groups is 2. The number of hydrogen-bond donors (Lipinski definition) is 2. The van der Waals surface area contributed by atoms with Gasteiger partial charge in [0.25, 0.3) is 0 Å². The van der Waals surface area contributed by atoms with Crippen LogP contribution in [0.2, 0.25) is 0 Å². The first-order valence-electron chi connectivity index (χ1n) is 19.5. The molecule has 2 N–H and O–H groups in total. The highest BCUT2D eigenvalue weighted by atomic mass is 16.5. The van der Waals surface area contributed by atoms with Gasteiger partial charge >= 0.3 is 11.9 Å². The molecule has 0 aromatic heterocycles. The van der Waals surface area contributed by atoms with E-state index in [1.165, 1.54) is 56.9 Å². The molecule has 5 aliphatic carbocycles. The van der Waals surface area contributed by atoms with Crippen LogP contribution in [0.3, 0.4) is 0 Å². The SMILES string of the molecule is C=C(C)[C@@H]1CC[C@]2(NCCN3CCOCC3)CC[C@]3(C)[C@H](CC[C@@H]4[C@@]5(C)CC[C@H](OC(=O)CC(C)(C)C(=O)O)C(C)(C)[C@@H]5CC[C@]43C)[C@@H]12. The summed E-state index contributed by atoms with van der Waals surface area (Å²) in [6.45, 7) is 28.8. The third kappa shape index (κ3) is 5.72. The maximum Gasteiger partial charge on any atom is 0.309 e. The summed E-state index contributed by atoms with van der Waals surface area (Å²) in [5, 5.41) is 13.9. The number of fused-ring (bicyclic) bond motifs is 7. The maximum atomic E-state index is 13.1. The molecule has 0 unspecified atom stereocenters. The van der Waals surface area contributed by atoms with Crippen molar-refractivity contribution in [3.05, 3.63) is 12.2 Å². The van der Waals surface area contributed by atoms with Gasteiger partial charge in [-0.25, -0.2) is 0 Å². The van der Waals surface area contributed by atoms with Crippen molar-refractivity contribution in [3.63, 3.8) is 0 Å². The lowest BCUT2D eigenvalue weighted by molar-refractivity contribution is -0.246. The second-order valence-electron chi connectivity index (χ2n) is 19.4. The molecule has 0 amide bonds. The first-order valence-corrected chi connectivity index (χ1v) is 19.5. The van der Waals surface area contributed by atoms with Crippen LogP contribution in [0.5, 0.6) is 0 Å². The van der Waals surface area contributed by atoms with Crippen LogP contribution in [0.25, 0.3) is 0 Å².